The molecule has 1 atom stereocenters. The molecular weight excluding hydrogens is 775 g/mol. The van der Waals surface area contributed by atoms with E-state index in [-0.39, 0.29) is 66.1 Å². The lowest BCUT2D eigenvalue weighted by atomic mass is 9.89. The van der Waals surface area contributed by atoms with Gasteiger partial charge in [-0.2, -0.15) is 0 Å². The van der Waals surface area contributed by atoms with Crippen LogP contribution >= 0.6 is 0 Å². The van der Waals surface area contributed by atoms with Gasteiger partial charge in [0.2, 0.25) is 6.29 Å². The molecule has 3 aromatic rings. The molecule has 1 saturated carbocycles. The summed E-state index contributed by atoms with van der Waals surface area (Å²) in [5, 5.41) is 21.5. The Morgan fingerprint density at radius 3 is 2.27 bits per heavy atom. The largest absolute Gasteiger partial charge is 0.511 e. The summed E-state index contributed by atoms with van der Waals surface area (Å²) < 4.78 is 25.9. The number of rotatable bonds is 20. The minimum Gasteiger partial charge on any atom is -0.465 e. The molecule has 3 N–H and O–H groups in total. The van der Waals surface area contributed by atoms with Crippen LogP contribution in [0.5, 0.6) is 0 Å². The molecule has 0 aliphatic heterocycles. The van der Waals surface area contributed by atoms with Gasteiger partial charge in [0.25, 0.3) is 5.91 Å². The molecule has 1 amide bonds. The number of nitrogens with zero attached hydrogens (tertiary/aromatic N) is 1. The van der Waals surface area contributed by atoms with Crippen LogP contribution in [-0.2, 0) is 46.3 Å². The van der Waals surface area contributed by atoms with Gasteiger partial charge in [0.05, 0.1) is 25.7 Å². The van der Waals surface area contributed by atoms with Crippen LogP contribution in [0.2, 0.25) is 0 Å². The number of carbonyl (C=O) groups is 6. The number of aliphatic hydroxyl groups is 1. The molecule has 4 rings (SSSR count). The number of hydrogen-bond donors (Lipinski definition) is 3. The van der Waals surface area contributed by atoms with Crippen LogP contribution in [-0.4, -0.2) is 82.7 Å². The molecule has 1 aliphatic rings. The van der Waals surface area contributed by atoms with Gasteiger partial charge in [0.15, 0.2) is 11.5 Å². The van der Waals surface area contributed by atoms with Gasteiger partial charge < -0.3 is 39.5 Å². The number of nitrogens with one attached hydrogen (secondary N) is 2. The molecule has 1 fully saturated rings. The average molecular weight is 828 g/mol. The molecule has 320 valence electrons. The summed E-state index contributed by atoms with van der Waals surface area (Å²) in [7, 11) is 0. The first kappa shape index (κ1) is 46.5. The minimum absolute atomic E-state index is 0.00224. The van der Waals surface area contributed by atoms with Crippen molar-refractivity contribution in [3.8, 4) is 11.1 Å². The number of amides is 1. The molecule has 1 aromatic heterocycles. The molecule has 1 unspecified atom stereocenters. The number of benzene rings is 2. The Bertz CT molecular complexity index is 2100. The molecule has 1 heterocycles. The first-order valence-electron chi connectivity index (χ1n) is 19.7. The lowest BCUT2D eigenvalue weighted by Crippen LogP contribution is -2.28. The summed E-state index contributed by atoms with van der Waals surface area (Å²) in [5.41, 5.74) is 1.24. The third-order valence-corrected chi connectivity index (χ3v) is 8.89. The Morgan fingerprint density at radius 1 is 0.950 bits per heavy atom. The molecule has 1 aliphatic carbocycles. The molecule has 0 radical (unpaired) electrons. The van der Waals surface area contributed by atoms with E-state index in [2.05, 4.69) is 16.9 Å². The first-order chi connectivity index (χ1) is 28.4. The van der Waals surface area contributed by atoms with Crippen molar-refractivity contribution in [3.05, 3.63) is 94.3 Å². The number of ketones is 1. The van der Waals surface area contributed by atoms with Gasteiger partial charge in [0.1, 0.15) is 11.3 Å². The van der Waals surface area contributed by atoms with Gasteiger partial charge in [-0.3, -0.25) is 19.2 Å². The normalized spacial score (nSPS) is 12.8. The zero-order valence-electron chi connectivity index (χ0n) is 34.9. The summed E-state index contributed by atoms with van der Waals surface area (Å²) in [6.07, 6.45) is 0.431. The Morgan fingerprint density at radius 2 is 1.65 bits per heavy atom. The Balaban J connectivity index is 1.56. The van der Waals surface area contributed by atoms with Crippen LogP contribution in [0.25, 0.3) is 17.2 Å². The highest BCUT2D eigenvalue weighted by molar-refractivity contribution is 6.09. The van der Waals surface area contributed by atoms with Gasteiger partial charge in [0, 0.05) is 43.1 Å². The highest BCUT2D eigenvalue weighted by atomic mass is 16.8. The summed E-state index contributed by atoms with van der Waals surface area (Å²) in [6.45, 7) is 13.7. The lowest BCUT2D eigenvalue weighted by Gasteiger charge is -2.19. The number of Topliss-reactive ketones (excluding diaryl/α,β-unsaturated/α-hetero) is 1. The number of aromatic nitrogens is 1. The number of esters is 3. The van der Waals surface area contributed by atoms with E-state index in [1.54, 1.807) is 65.0 Å². The van der Waals surface area contributed by atoms with Crippen LogP contribution in [0.1, 0.15) is 127 Å². The Kier molecular flexibility index (Phi) is 16.4. The second kappa shape index (κ2) is 21.2. The van der Waals surface area contributed by atoms with Crippen molar-refractivity contribution < 1.29 is 57.6 Å². The van der Waals surface area contributed by atoms with Crippen molar-refractivity contribution >= 4 is 47.5 Å². The van der Waals surface area contributed by atoms with E-state index in [9.17, 15) is 33.9 Å². The molecular formula is C45H53N3O12. The van der Waals surface area contributed by atoms with Crippen LogP contribution in [0, 0.1) is 11.3 Å². The Labute approximate surface area is 349 Å². The molecule has 0 spiro atoms. The molecule has 15 nitrogen and oxygen atoms in total. The SMILES string of the molecule is C=Cc1cc(C(=O)Cc2ccc(C(=N)CC(=O)OCCCC(=O)OC(C)(C)C)cc2)c(-c2ccc(C(=O)NCC3CC3)nc2C(=O)OC(C)OC(=O)OC(C)C)cc1CO. The third kappa shape index (κ3) is 14.3. The molecule has 2 aromatic carbocycles. The molecule has 0 saturated heterocycles. The monoisotopic (exact) mass is 827 g/mol. The van der Waals surface area contributed by atoms with E-state index in [0.29, 0.717) is 34.7 Å². The van der Waals surface area contributed by atoms with Gasteiger partial charge in [-0.15, -0.1) is 0 Å². The zero-order chi connectivity index (χ0) is 44.1. The van der Waals surface area contributed by atoms with Crippen molar-refractivity contribution in [2.24, 2.45) is 5.92 Å². The first-order valence-corrected chi connectivity index (χ1v) is 19.7. The van der Waals surface area contributed by atoms with E-state index in [0.717, 1.165) is 12.8 Å². The fourth-order valence-electron chi connectivity index (χ4n) is 5.83. The van der Waals surface area contributed by atoms with Crippen molar-refractivity contribution in [3.63, 3.8) is 0 Å². The Hall–Kier alpha value is -6.22. The quantitative estimate of drug-likeness (QED) is 0.0263. The standard InChI is InChI=1S/C45H53N3O12/c1-8-30-21-35(38(50)20-28-13-15-31(16-14-28)36(46)23-40(52)56-19-9-10-39(51)60-45(5,6)7)34(22-32(30)25-49)33-17-18-37(42(53)47-24-29-11-12-29)48-41(33)43(54)58-27(4)59-44(55)57-26(2)3/h8,13-18,21-22,26-27,29,46,49H,1,9-12,19-20,23-25H2,2-7H3,(H,47,53). The second-order valence-electron chi connectivity index (χ2n) is 15.6. The number of ether oxygens (including phenoxy) is 5. The number of aliphatic hydroxyl groups excluding tert-OH is 1. The summed E-state index contributed by atoms with van der Waals surface area (Å²) in [6, 6.07) is 12.5. The third-order valence-electron chi connectivity index (χ3n) is 8.89. The van der Waals surface area contributed by atoms with Crippen molar-refractivity contribution in [2.45, 2.75) is 105 Å². The van der Waals surface area contributed by atoms with Crippen molar-refractivity contribution in [1.29, 1.82) is 5.41 Å². The number of hydrogen-bond acceptors (Lipinski definition) is 14. The average Bonchev–Trinajstić information content (AvgIpc) is 4.01. The van der Waals surface area contributed by atoms with Crippen LogP contribution in [0.4, 0.5) is 4.79 Å². The van der Waals surface area contributed by atoms with Gasteiger partial charge in [-0.25, -0.2) is 14.6 Å². The van der Waals surface area contributed by atoms with Crippen molar-refractivity contribution in [1.82, 2.24) is 10.3 Å². The van der Waals surface area contributed by atoms with E-state index in [1.807, 2.05) is 0 Å². The maximum absolute atomic E-state index is 14.2. The predicted molar refractivity (Wildman–Crippen MR) is 220 cm³/mol. The summed E-state index contributed by atoms with van der Waals surface area (Å²) in [4.78, 5) is 81.8. The van der Waals surface area contributed by atoms with Gasteiger partial charge in [-0.05, 0) is 112 Å². The summed E-state index contributed by atoms with van der Waals surface area (Å²) >= 11 is 0. The van der Waals surface area contributed by atoms with Gasteiger partial charge in [-0.1, -0.05) is 36.9 Å². The maximum Gasteiger partial charge on any atom is 0.511 e. The number of pyridine rings is 1. The van der Waals surface area contributed by atoms with Crippen molar-refractivity contribution in [2.75, 3.05) is 13.2 Å². The minimum atomic E-state index is -1.42. The molecule has 60 heavy (non-hydrogen) atoms. The van der Waals surface area contributed by atoms with E-state index >= 15 is 0 Å². The van der Waals surface area contributed by atoms with Crippen LogP contribution in [0.15, 0.2) is 55.1 Å². The number of carbonyl (C=O) groups excluding carboxylic acids is 6. The van der Waals surface area contributed by atoms with Crippen LogP contribution in [0.3, 0.4) is 0 Å². The zero-order valence-corrected chi connectivity index (χ0v) is 34.9. The van der Waals surface area contributed by atoms with Gasteiger partial charge >= 0.3 is 24.1 Å². The maximum atomic E-state index is 14.2. The van der Waals surface area contributed by atoms with Crippen LogP contribution < -0.4 is 5.32 Å². The molecule has 0 bridgehead atoms. The van der Waals surface area contributed by atoms with E-state index in [1.165, 1.54) is 31.2 Å². The highest BCUT2D eigenvalue weighted by Gasteiger charge is 2.28. The second-order valence-corrected chi connectivity index (χ2v) is 15.6. The topological polar surface area (TPSA) is 218 Å². The highest BCUT2D eigenvalue weighted by Crippen LogP contribution is 2.33. The van der Waals surface area contributed by atoms with E-state index < -0.39 is 60.4 Å². The predicted octanol–water partition coefficient (Wildman–Crippen LogP) is 6.94. The van der Waals surface area contributed by atoms with E-state index in [4.69, 9.17) is 29.1 Å². The smallest absolute Gasteiger partial charge is 0.465 e. The lowest BCUT2D eigenvalue weighted by molar-refractivity contribution is -0.156. The fourth-order valence-corrected chi connectivity index (χ4v) is 5.83. The summed E-state index contributed by atoms with van der Waals surface area (Å²) in [5.74, 6) is -2.63. The molecule has 15 heteroatoms. The fraction of sp³-hybridized carbons (Fsp3) is 0.422.